The Labute approximate surface area is 201 Å². The summed E-state index contributed by atoms with van der Waals surface area (Å²) in [6, 6.07) is 16.8. The van der Waals surface area contributed by atoms with Crippen LogP contribution in [0.2, 0.25) is 0 Å². The van der Waals surface area contributed by atoms with E-state index >= 15 is 0 Å². The number of likely N-dealkylation sites (tertiary alicyclic amines) is 2. The molecule has 1 aromatic heterocycles. The highest BCUT2D eigenvalue weighted by Crippen LogP contribution is 2.36. The van der Waals surface area contributed by atoms with Gasteiger partial charge in [-0.3, -0.25) is 0 Å². The van der Waals surface area contributed by atoms with Gasteiger partial charge in [0.2, 0.25) is 0 Å². The number of benzene rings is 2. The van der Waals surface area contributed by atoms with E-state index in [2.05, 4.69) is 72.4 Å². The summed E-state index contributed by atoms with van der Waals surface area (Å²) in [6.45, 7) is 5.25. The van der Waals surface area contributed by atoms with Crippen LogP contribution in [0.3, 0.4) is 0 Å². The van der Waals surface area contributed by atoms with Gasteiger partial charge >= 0.3 is 0 Å². The van der Waals surface area contributed by atoms with Crippen LogP contribution in [0.5, 0.6) is 5.75 Å². The van der Waals surface area contributed by atoms with E-state index in [0.717, 1.165) is 60.9 Å². The molecule has 5 nitrogen and oxygen atoms in total. The third kappa shape index (κ3) is 5.75. The number of rotatable bonds is 7. The molecular formula is C27H35N3O2S. The first kappa shape index (κ1) is 22.8. The lowest BCUT2D eigenvalue weighted by Gasteiger charge is -2.31. The van der Waals surface area contributed by atoms with Crippen LogP contribution in [-0.2, 0) is 4.74 Å². The van der Waals surface area contributed by atoms with Crippen molar-refractivity contribution in [2.24, 2.45) is 5.92 Å². The van der Waals surface area contributed by atoms with Gasteiger partial charge in [-0.2, -0.15) is 0 Å². The Morgan fingerprint density at radius 2 is 1.85 bits per heavy atom. The van der Waals surface area contributed by atoms with E-state index in [1.54, 1.807) is 11.3 Å². The number of nitrogens with zero attached hydrogens (tertiary/aromatic N) is 3. The molecule has 2 aliphatic rings. The Morgan fingerprint density at radius 1 is 1.00 bits per heavy atom. The van der Waals surface area contributed by atoms with Crippen LogP contribution in [0.15, 0.2) is 48.5 Å². The summed E-state index contributed by atoms with van der Waals surface area (Å²) < 4.78 is 14.2. The molecule has 2 fully saturated rings. The molecule has 2 saturated heterocycles. The van der Waals surface area contributed by atoms with Crippen molar-refractivity contribution in [1.29, 1.82) is 0 Å². The van der Waals surface area contributed by atoms with Crippen molar-refractivity contribution in [2.45, 2.75) is 37.9 Å². The van der Waals surface area contributed by atoms with Crippen LogP contribution in [0.25, 0.3) is 10.2 Å². The molecule has 6 heteroatoms. The topological polar surface area (TPSA) is 37.8 Å². The quantitative estimate of drug-likeness (QED) is 0.478. The molecule has 0 saturated carbocycles. The lowest BCUT2D eigenvalue weighted by Crippen LogP contribution is -2.35. The highest BCUT2D eigenvalue weighted by Gasteiger charge is 2.26. The zero-order valence-electron chi connectivity index (χ0n) is 19.8. The van der Waals surface area contributed by atoms with Crippen LogP contribution in [0.1, 0.15) is 42.4 Å². The maximum absolute atomic E-state index is 6.76. The van der Waals surface area contributed by atoms with Crippen molar-refractivity contribution in [3.8, 4) is 5.75 Å². The highest BCUT2D eigenvalue weighted by atomic mass is 32.1. The van der Waals surface area contributed by atoms with Crippen LogP contribution in [0, 0.1) is 5.92 Å². The number of fused-ring (bicyclic) bond motifs is 1. The third-order valence-corrected chi connectivity index (χ3v) is 7.98. The minimum absolute atomic E-state index is 0.167. The summed E-state index contributed by atoms with van der Waals surface area (Å²) in [5.41, 5.74) is 2.18. The lowest BCUT2D eigenvalue weighted by atomic mass is 9.99. The molecule has 2 aliphatic heterocycles. The smallest absolute Gasteiger partial charge is 0.135 e. The van der Waals surface area contributed by atoms with Gasteiger partial charge in [0.05, 0.1) is 22.9 Å². The Hall–Kier alpha value is -1.99. The number of ether oxygens (including phenoxy) is 2. The summed E-state index contributed by atoms with van der Waals surface area (Å²) in [5, 5.41) is 1.03. The molecule has 3 aromatic rings. The number of para-hydroxylation sites is 1. The molecular weight excluding hydrogens is 430 g/mol. The molecule has 2 atom stereocenters. The first-order chi connectivity index (χ1) is 16.1. The van der Waals surface area contributed by atoms with Gasteiger partial charge in [0.1, 0.15) is 16.9 Å². The number of piperidine rings is 2. The van der Waals surface area contributed by atoms with Crippen molar-refractivity contribution in [3.63, 3.8) is 0 Å². The first-order valence-corrected chi connectivity index (χ1v) is 13.1. The highest BCUT2D eigenvalue weighted by molar-refractivity contribution is 7.18. The van der Waals surface area contributed by atoms with Crippen molar-refractivity contribution in [1.82, 2.24) is 14.8 Å². The van der Waals surface area contributed by atoms with Crippen LogP contribution in [0.4, 0.5) is 0 Å². The molecule has 0 aliphatic carbocycles. The van der Waals surface area contributed by atoms with Gasteiger partial charge in [0, 0.05) is 25.6 Å². The van der Waals surface area contributed by atoms with Crippen molar-refractivity contribution >= 4 is 21.6 Å². The second-order valence-corrected chi connectivity index (χ2v) is 10.8. The summed E-state index contributed by atoms with van der Waals surface area (Å²) in [6.07, 6.45) is 4.71. The summed E-state index contributed by atoms with van der Waals surface area (Å²) in [5.74, 6) is 1.53. The molecule has 0 bridgehead atoms. The minimum Gasteiger partial charge on any atom is -0.493 e. The molecule has 3 heterocycles. The van der Waals surface area contributed by atoms with E-state index in [1.165, 1.54) is 24.1 Å². The average Bonchev–Trinajstić information content (AvgIpc) is 3.27. The number of hydrogen-bond acceptors (Lipinski definition) is 6. The van der Waals surface area contributed by atoms with Gasteiger partial charge in [-0.15, -0.1) is 11.3 Å². The van der Waals surface area contributed by atoms with E-state index in [1.807, 2.05) is 0 Å². The number of hydrogen-bond donors (Lipinski definition) is 0. The SMILES string of the molecule is CN1CCC(OC(c2cccc(OCC3CCCN(C)C3)c2)c2nc3ccccc3s2)CC1. The van der Waals surface area contributed by atoms with E-state index in [4.69, 9.17) is 14.5 Å². The van der Waals surface area contributed by atoms with Gasteiger partial charge in [0.25, 0.3) is 0 Å². The predicted octanol–water partition coefficient (Wildman–Crippen LogP) is 5.22. The van der Waals surface area contributed by atoms with E-state index in [0.29, 0.717) is 5.92 Å². The van der Waals surface area contributed by atoms with Gasteiger partial charge < -0.3 is 19.3 Å². The van der Waals surface area contributed by atoms with Crippen LogP contribution >= 0.6 is 11.3 Å². The molecule has 5 rings (SSSR count). The fraction of sp³-hybridized carbons (Fsp3) is 0.519. The summed E-state index contributed by atoms with van der Waals surface area (Å²) in [7, 11) is 4.39. The predicted molar refractivity (Wildman–Crippen MR) is 135 cm³/mol. The zero-order chi connectivity index (χ0) is 22.6. The second-order valence-electron chi connectivity index (χ2n) is 9.69. The van der Waals surface area contributed by atoms with Crippen LogP contribution < -0.4 is 4.74 Å². The standard InChI is InChI=1S/C27H35N3O2S/c1-29-15-12-22(13-16-29)32-26(27-28-24-10-3-4-11-25(24)33-27)21-8-5-9-23(17-21)31-19-20-7-6-14-30(2)18-20/h3-5,8-11,17,20,22,26H,6-7,12-16,18-19H2,1-2H3. The molecule has 176 valence electrons. The summed E-state index contributed by atoms with van der Waals surface area (Å²) in [4.78, 5) is 9.75. The normalized spacial score (nSPS) is 21.9. The van der Waals surface area contributed by atoms with Crippen molar-refractivity contribution < 1.29 is 9.47 Å². The minimum atomic E-state index is -0.167. The van der Waals surface area contributed by atoms with Crippen molar-refractivity contribution in [2.75, 3.05) is 46.9 Å². The summed E-state index contributed by atoms with van der Waals surface area (Å²) >= 11 is 1.74. The number of thiazole rings is 1. The number of aromatic nitrogens is 1. The molecule has 0 spiro atoms. The van der Waals surface area contributed by atoms with Gasteiger partial charge in [-0.1, -0.05) is 24.3 Å². The monoisotopic (exact) mass is 465 g/mol. The zero-order valence-corrected chi connectivity index (χ0v) is 20.6. The van der Waals surface area contributed by atoms with Crippen LogP contribution in [-0.4, -0.2) is 67.8 Å². The Balaban J connectivity index is 1.36. The van der Waals surface area contributed by atoms with E-state index < -0.39 is 0 Å². The van der Waals surface area contributed by atoms with Gasteiger partial charge in [-0.25, -0.2) is 4.98 Å². The molecule has 2 aromatic carbocycles. The Kier molecular flexibility index (Phi) is 7.26. The average molecular weight is 466 g/mol. The van der Waals surface area contributed by atoms with E-state index in [-0.39, 0.29) is 12.2 Å². The lowest BCUT2D eigenvalue weighted by molar-refractivity contribution is -0.0235. The fourth-order valence-corrected chi connectivity index (χ4v) is 6.02. The molecule has 2 unspecified atom stereocenters. The van der Waals surface area contributed by atoms with Gasteiger partial charge in [-0.05, 0) is 76.2 Å². The Morgan fingerprint density at radius 3 is 2.67 bits per heavy atom. The first-order valence-electron chi connectivity index (χ1n) is 12.2. The maximum Gasteiger partial charge on any atom is 0.135 e. The maximum atomic E-state index is 6.76. The molecule has 0 radical (unpaired) electrons. The molecule has 0 amide bonds. The molecule has 33 heavy (non-hydrogen) atoms. The fourth-order valence-electron chi connectivity index (χ4n) is 4.99. The molecule has 0 N–H and O–H groups in total. The van der Waals surface area contributed by atoms with Gasteiger partial charge in [0.15, 0.2) is 0 Å². The second kappa shape index (κ2) is 10.5. The van der Waals surface area contributed by atoms with Crippen molar-refractivity contribution in [3.05, 3.63) is 59.1 Å². The van der Waals surface area contributed by atoms with E-state index in [9.17, 15) is 0 Å². The largest absolute Gasteiger partial charge is 0.493 e. The third-order valence-electron chi connectivity index (χ3n) is 6.90. The Bertz CT molecular complexity index is 1010.